The molecule has 1 unspecified atom stereocenters. The lowest BCUT2D eigenvalue weighted by Gasteiger charge is -2.24. The number of halogens is 4. The second-order valence-electron chi connectivity index (χ2n) is 7.91. The number of carbonyl (C=O) groups is 2. The van der Waals surface area contributed by atoms with Crippen LogP contribution in [0.2, 0.25) is 5.02 Å². The van der Waals surface area contributed by atoms with E-state index < -0.39 is 29.0 Å². The predicted octanol–water partition coefficient (Wildman–Crippen LogP) is 4.90. The molecule has 1 N–H and O–H groups in total. The van der Waals surface area contributed by atoms with Gasteiger partial charge in [-0.05, 0) is 62.2 Å². The van der Waals surface area contributed by atoms with E-state index in [1.165, 1.54) is 24.1 Å². The molecule has 0 saturated heterocycles. The van der Waals surface area contributed by atoms with E-state index in [1.54, 1.807) is 38.1 Å². The minimum absolute atomic E-state index is 0.000552. The fourth-order valence-corrected chi connectivity index (χ4v) is 3.81. The third kappa shape index (κ3) is 5.47. The Labute approximate surface area is 194 Å². The number of benzene rings is 2. The Morgan fingerprint density at radius 3 is 2.45 bits per heavy atom. The van der Waals surface area contributed by atoms with Crippen molar-refractivity contribution in [3.8, 4) is 0 Å². The zero-order chi connectivity index (χ0) is 24.4. The first kappa shape index (κ1) is 24.6. The zero-order valence-electron chi connectivity index (χ0n) is 18.3. The van der Waals surface area contributed by atoms with Crippen LogP contribution in [0.5, 0.6) is 0 Å². The van der Waals surface area contributed by atoms with Gasteiger partial charge in [0, 0.05) is 10.7 Å². The molecule has 2 aromatic carbocycles. The summed E-state index contributed by atoms with van der Waals surface area (Å²) in [5.41, 5.74) is -0.539. The number of hydrogen-bond donors (Lipinski definition) is 1. The minimum atomic E-state index is -4.47. The summed E-state index contributed by atoms with van der Waals surface area (Å²) < 4.78 is 44.1. The van der Waals surface area contributed by atoms with Gasteiger partial charge in [0.25, 0.3) is 0 Å². The summed E-state index contributed by atoms with van der Waals surface area (Å²) in [6, 6.07) is 10.2. The zero-order valence-corrected chi connectivity index (χ0v) is 19.0. The summed E-state index contributed by atoms with van der Waals surface area (Å²) in [6.45, 7) is 4.81. The van der Waals surface area contributed by atoms with Crippen LogP contribution in [0, 0.1) is 12.3 Å². The number of carbonyl (C=O) groups excluding carboxylic acids is 2. The second-order valence-corrected chi connectivity index (χ2v) is 8.34. The van der Waals surface area contributed by atoms with Crippen molar-refractivity contribution in [2.75, 3.05) is 25.0 Å². The molecule has 3 rings (SSSR count). The third-order valence-corrected chi connectivity index (χ3v) is 5.50. The number of amides is 1. The monoisotopic (exact) mass is 481 g/mol. The molecule has 0 spiro atoms. The lowest BCUT2D eigenvalue weighted by molar-refractivity contribution is -0.150. The standard InChI is InChI=1S/C23H23ClF3N3O3/c1-4-33-21(32)22(3)13-30(29-20(22)15-5-7-16(24)8-6-15)12-19(31)28-17-9-10-18(14(2)11-17)23(25,26)27/h5-11H,4,12-13H2,1-3H3,(H,28,31). The average molecular weight is 482 g/mol. The molecule has 1 aliphatic heterocycles. The van der Waals surface area contributed by atoms with Crippen molar-refractivity contribution in [3.63, 3.8) is 0 Å². The van der Waals surface area contributed by atoms with Gasteiger partial charge in [0.1, 0.15) is 12.0 Å². The molecule has 0 fully saturated rings. The lowest BCUT2D eigenvalue weighted by Crippen LogP contribution is -2.41. The maximum atomic E-state index is 13.0. The molecule has 0 radical (unpaired) electrons. The molecule has 0 saturated carbocycles. The highest BCUT2D eigenvalue weighted by Gasteiger charge is 2.47. The van der Waals surface area contributed by atoms with E-state index in [9.17, 15) is 22.8 Å². The molecule has 1 aliphatic rings. The summed E-state index contributed by atoms with van der Waals surface area (Å²) in [5, 5.41) is 9.03. The first-order valence-electron chi connectivity index (χ1n) is 10.2. The first-order valence-corrected chi connectivity index (χ1v) is 10.6. The van der Waals surface area contributed by atoms with Gasteiger partial charge in [-0.25, -0.2) is 0 Å². The van der Waals surface area contributed by atoms with Crippen molar-refractivity contribution in [2.45, 2.75) is 26.9 Å². The lowest BCUT2D eigenvalue weighted by atomic mass is 9.82. The summed E-state index contributed by atoms with van der Waals surface area (Å²) in [4.78, 5) is 25.3. The SMILES string of the molecule is CCOC(=O)C1(C)CN(CC(=O)Nc2ccc(C(F)(F)F)c(C)c2)N=C1c1ccc(Cl)cc1. The van der Waals surface area contributed by atoms with E-state index in [1.807, 2.05) is 0 Å². The van der Waals surface area contributed by atoms with E-state index >= 15 is 0 Å². The Morgan fingerprint density at radius 1 is 1.21 bits per heavy atom. The molecule has 10 heteroatoms. The van der Waals surface area contributed by atoms with Crippen molar-refractivity contribution in [1.29, 1.82) is 0 Å². The van der Waals surface area contributed by atoms with Crippen LogP contribution in [0.25, 0.3) is 0 Å². The topological polar surface area (TPSA) is 71.0 Å². The largest absolute Gasteiger partial charge is 0.465 e. The number of hydrogen-bond acceptors (Lipinski definition) is 5. The van der Waals surface area contributed by atoms with Crippen LogP contribution in [-0.4, -0.2) is 42.3 Å². The normalized spacial score (nSPS) is 18.2. The fraction of sp³-hybridized carbons (Fsp3) is 0.348. The molecule has 2 aromatic rings. The highest BCUT2D eigenvalue weighted by molar-refractivity contribution is 6.30. The Morgan fingerprint density at radius 2 is 1.88 bits per heavy atom. The van der Waals surface area contributed by atoms with Crippen LogP contribution in [0.15, 0.2) is 47.6 Å². The van der Waals surface area contributed by atoms with Crippen molar-refractivity contribution in [1.82, 2.24) is 5.01 Å². The molecule has 176 valence electrons. The van der Waals surface area contributed by atoms with Gasteiger partial charge in [0.2, 0.25) is 5.91 Å². The minimum Gasteiger partial charge on any atom is -0.465 e. The number of hydrazone groups is 1. The highest BCUT2D eigenvalue weighted by Crippen LogP contribution is 2.34. The quantitative estimate of drug-likeness (QED) is 0.596. The molecule has 0 aliphatic carbocycles. The van der Waals surface area contributed by atoms with Crippen LogP contribution in [0.3, 0.4) is 0 Å². The third-order valence-electron chi connectivity index (χ3n) is 5.25. The Hall–Kier alpha value is -3.07. The molecule has 0 bridgehead atoms. The van der Waals surface area contributed by atoms with Gasteiger partial charge in [-0.1, -0.05) is 23.7 Å². The van der Waals surface area contributed by atoms with Gasteiger partial charge in [-0.15, -0.1) is 0 Å². The van der Waals surface area contributed by atoms with Crippen molar-refractivity contribution in [3.05, 3.63) is 64.2 Å². The van der Waals surface area contributed by atoms with Crippen molar-refractivity contribution >= 4 is 34.9 Å². The number of rotatable bonds is 6. The number of nitrogens with zero attached hydrogens (tertiary/aromatic N) is 2. The number of anilines is 1. The molecule has 1 heterocycles. The van der Waals surface area contributed by atoms with Gasteiger partial charge in [-0.2, -0.15) is 18.3 Å². The van der Waals surface area contributed by atoms with E-state index in [0.717, 1.165) is 6.07 Å². The van der Waals surface area contributed by atoms with E-state index in [2.05, 4.69) is 10.4 Å². The maximum Gasteiger partial charge on any atom is 0.416 e. The maximum absolute atomic E-state index is 13.0. The first-order chi connectivity index (χ1) is 15.4. The average Bonchev–Trinajstić information content (AvgIpc) is 3.05. The van der Waals surface area contributed by atoms with E-state index in [-0.39, 0.29) is 30.9 Å². The van der Waals surface area contributed by atoms with Gasteiger partial charge < -0.3 is 10.1 Å². The molecule has 0 aromatic heterocycles. The smallest absolute Gasteiger partial charge is 0.416 e. The predicted molar refractivity (Wildman–Crippen MR) is 119 cm³/mol. The van der Waals surface area contributed by atoms with Crippen LogP contribution in [-0.2, 0) is 20.5 Å². The van der Waals surface area contributed by atoms with Gasteiger partial charge in [-0.3, -0.25) is 14.6 Å². The van der Waals surface area contributed by atoms with E-state index in [4.69, 9.17) is 16.3 Å². The van der Waals surface area contributed by atoms with Crippen LogP contribution in [0.4, 0.5) is 18.9 Å². The van der Waals surface area contributed by atoms with Gasteiger partial charge in [0.05, 0.1) is 24.4 Å². The highest BCUT2D eigenvalue weighted by atomic mass is 35.5. The molecule has 1 atom stereocenters. The summed E-state index contributed by atoms with van der Waals surface area (Å²) >= 11 is 5.96. The number of aryl methyl sites for hydroxylation is 1. The van der Waals surface area contributed by atoms with Crippen LogP contribution in [0.1, 0.15) is 30.5 Å². The number of esters is 1. The molecular weight excluding hydrogens is 459 g/mol. The summed E-state index contributed by atoms with van der Waals surface area (Å²) in [6.07, 6.45) is -4.47. The molecule has 33 heavy (non-hydrogen) atoms. The number of ether oxygens (including phenoxy) is 1. The second kappa shape index (κ2) is 9.43. The van der Waals surface area contributed by atoms with Crippen molar-refractivity contribution < 1.29 is 27.5 Å². The number of nitrogens with one attached hydrogen (secondary N) is 1. The Balaban J connectivity index is 1.79. The molecule has 1 amide bonds. The van der Waals surface area contributed by atoms with Gasteiger partial charge >= 0.3 is 12.1 Å². The van der Waals surface area contributed by atoms with Crippen LogP contribution >= 0.6 is 11.6 Å². The molecule has 6 nitrogen and oxygen atoms in total. The summed E-state index contributed by atoms with van der Waals surface area (Å²) in [5.74, 6) is -0.957. The Bertz CT molecular complexity index is 1090. The fourth-order valence-electron chi connectivity index (χ4n) is 3.68. The summed E-state index contributed by atoms with van der Waals surface area (Å²) in [7, 11) is 0. The van der Waals surface area contributed by atoms with E-state index in [0.29, 0.717) is 16.3 Å². The Kier molecular flexibility index (Phi) is 7.02. The van der Waals surface area contributed by atoms with Crippen molar-refractivity contribution in [2.24, 2.45) is 10.5 Å². The van der Waals surface area contributed by atoms with Crippen LogP contribution < -0.4 is 5.32 Å². The van der Waals surface area contributed by atoms with Gasteiger partial charge in [0.15, 0.2) is 0 Å². The molecular formula is C23H23ClF3N3O3. The number of alkyl halides is 3.